The number of anilines is 1. The number of halogens is 1. The van der Waals surface area contributed by atoms with Crippen LogP contribution >= 0.6 is 0 Å². The highest BCUT2D eigenvalue weighted by Gasteiger charge is 2.34. The van der Waals surface area contributed by atoms with Crippen LogP contribution in [0.3, 0.4) is 0 Å². The SMILES string of the molecule is Nc1nc(-c2ccc(F)cc2)c2c(n1)-c1c(O)cccc1C2=O. The van der Waals surface area contributed by atoms with Crippen LogP contribution in [0, 0.1) is 5.82 Å². The van der Waals surface area contributed by atoms with Crippen molar-refractivity contribution < 1.29 is 14.3 Å². The number of nitrogens with two attached hydrogens (primary N) is 1. The van der Waals surface area contributed by atoms with E-state index < -0.39 is 0 Å². The highest BCUT2D eigenvalue weighted by molar-refractivity contribution is 6.24. The molecule has 2 aromatic carbocycles. The number of aromatic hydroxyl groups is 1. The van der Waals surface area contributed by atoms with E-state index in [1.165, 1.54) is 30.3 Å². The minimum absolute atomic E-state index is 0.0213. The number of carbonyl (C=O) groups is 1. The van der Waals surface area contributed by atoms with E-state index >= 15 is 0 Å². The van der Waals surface area contributed by atoms with Crippen molar-refractivity contribution in [1.82, 2.24) is 9.97 Å². The third-order valence-corrected chi connectivity index (χ3v) is 3.79. The number of aromatic nitrogens is 2. The van der Waals surface area contributed by atoms with Crippen LogP contribution in [-0.2, 0) is 0 Å². The fourth-order valence-electron chi connectivity index (χ4n) is 2.80. The molecule has 0 unspecified atom stereocenters. The molecule has 4 rings (SSSR count). The van der Waals surface area contributed by atoms with Gasteiger partial charge in [0.05, 0.1) is 22.5 Å². The van der Waals surface area contributed by atoms with Crippen molar-refractivity contribution in [3.8, 4) is 28.3 Å². The molecular formula is C17H10FN3O2. The first-order valence-electron chi connectivity index (χ1n) is 6.87. The molecular weight excluding hydrogens is 297 g/mol. The normalized spacial score (nSPS) is 12.1. The summed E-state index contributed by atoms with van der Waals surface area (Å²) >= 11 is 0. The van der Waals surface area contributed by atoms with Gasteiger partial charge in [-0.25, -0.2) is 14.4 Å². The van der Waals surface area contributed by atoms with E-state index in [0.29, 0.717) is 28.1 Å². The van der Waals surface area contributed by atoms with E-state index in [1.807, 2.05) is 0 Å². The number of rotatable bonds is 1. The van der Waals surface area contributed by atoms with Gasteiger partial charge < -0.3 is 10.8 Å². The Morgan fingerprint density at radius 2 is 1.65 bits per heavy atom. The number of nitrogen functional groups attached to an aromatic ring is 1. The van der Waals surface area contributed by atoms with Gasteiger partial charge in [0.2, 0.25) is 5.95 Å². The summed E-state index contributed by atoms with van der Waals surface area (Å²) in [5.41, 5.74) is 7.91. The van der Waals surface area contributed by atoms with Gasteiger partial charge >= 0.3 is 0 Å². The second kappa shape index (κ2) is 4.61. The molecule has 6 heteroatoms. The number of benzene rings is 2. The first-order valence-corrected chi connectivity index (χ1v) is 6.87. The van der Waals surface area contributed by atoms with Crippen molar-refractivity contribution in [2.45, 2.75) is 0 Å². The summed E-state index contributed by atoms with van der Waals surface area (Å²) < 4.78 is 13.1. The van der Waals surface area contributed by atoms with Crippen molar-refractivity contribution in [2.24, 2.45) is 0 Å². The summed E-state index contributed by atoms with van der Waals surface area (Å²) in [6.45, 7) is 0. The molecule has 1 heterocycles. The molecule has 3 N–H and O–H groups in total. The summed E-state index contributed by atoms with van der Waals surface area (Å²) in [5, 5.41) is 10.1. The Labute approximate surface area is 130 Å². The summed E-state index contributed by atoms with van der Waals surface area (Å²) in [7, 11) is 0. The first kappa shape index (κ1) is 13.4. The van der Waals surface area contributed by atoms with Crippen LogP contribution in [0.5, 0.6) is 5.75 Å². The topological polar surface area (TPSA) is 89.1 Å². The monoisotopic (exact) mass is 307 g/mol. The summed E-state index contributed by atoms with van der Waals surface area (Å²) in [6.07, 6.45) is 0. The smallest absolute Gasteiger partial charge is 0.221 e. The van der Waals surface area contributed by atoms with Crippen LogP contribution in [-0.4, -0.2) is 20.9 Å². The van der Waals surface area contributed by atoms with E-state index in [1.54, 1.807) is 12.1 Å². The van der Waals surface area contributed by atoms with Crippen molar-refractivity contribution in [3.63, 3.8) is 0 Å². The minimum Gasteiger partial charge on any atom is -0.507 e. The molecule has 23 heavy (non-hydrogen) atoms. The molecule has 0 radical (unpaired) electrons. The third-order valence-electron chi connectivity index (χ3n) is 3.79. The molecule has 0 fully saturated rings. The first-order chi connectivity index (χ1) is 11.1. The zero-order chi connectivity index (χ0) is 16.1. The predicted molar refractivity (Wildman–Crippen MR) is 82.4 cm³/mol. The Bertz CT molecular complexity index is 968. The molecule has 0 amide bonds. The zero-order valence-corrected chi connectivity index (χ0v) is 11.7. The van der Waals surface area contributed by atoms with Crippen molar-refractivity contribution >= 4 is 11.7 Å². The minimum atomic E-state index is -0.389. The van der Waals surface area contributed by atoms with Crippen molar-refractivity contribution in [3.05, 3.63) is 59.4 Å². The lowest BCUT2D eigenvalue weighted by molar-refractivity contribution is 0.104. The van der Waals surface area contributed by atoms with Crippen LogP contribution in [0.2, 0.25) is 0 Å². The Kier molecular flexibility index (Phi) is 2.68. The molecule has 112 valence electrons. The third kappa shape index (κ3) is 1.88. The lowest BCUT2D eigenvalue weighted by Gasteiger charge is -2.08. The average Bonchev–Trinajstić information content (AvgIpc) is 2.81. The van der Waals surface area contributed by atoms with Gasteiger partial charge in [-0.1, -0.05) is 12.1 Å². The average molecular weight is 307 g/mol. The van der Waals surface area contributed by atoms with Gasteiger partial charge in [0.25, 0.3) is 0 Å². The van der Waals surface area contributed by atoms with Crippen LogP contribution in [0.4, 0.5) is 10.3 Å². The number of hydrogen-bond donors (Lipinski definition) is 2. The summed E-state index contributed by atoms with van der Waals surface area (Å²) in [4.78, 5) is 21.0. The molecule has 1 aromatic heterocycles. The maximum absolute atomic E-state index is 13.1. The van der Waals surface area contributed by atoms with E-state index in [2.05, 4.69) is 9.97 Å². The summed E-state index contributed by atoms with van der Waals surface area (Å²) in [6, 6.07) is 10.3. The van der Waals surface area contributed by atoms with E-state index in [4.69, 9.17) is 5.73 Å². The van der Waals surface area contributed by atoms with E-state index in [9.17, 15) is 14.3 Å². The molecule has 1 aliphatic rings. The van der Waals surface area contributed by atoms with Crippen LogP contribution in [0.15, 0.2) is 42.5 Å². The number of phenols is 1. The highest BCUT2D eigenvalue weighted by atomic mass is 19.1. The standard InChI is InChI=1S/C17H10FN3O2/c18-9-6-4-8(5-7-9)14-13-15(21-17(19)20-14)12-10(16(13)23)2-1-3-11(12)22/h1-7,22H,(H2,19,20,21). The lowest BCUT2D eigenvalue weighted by atomic mass is 10.0. The van der Waals surface area contributed by atoms with E-state index in [-0.39, 0.29) is 28.9 Å². The van der Waals surface area contributed by atoms with Crippen LogP contribution < -0.4 is 5.73 Å². The Balaban J connectivity index is 2.05. The maximum Gasteiger partial charge on any atom is 0.221 e. The predicted octanol–water partition coefficient (Wildman–Crippen LogP) is 2.78. The molecule has 0 bridgehead atoms. The van der Waals surface area contributed by atoms with Crippen LogP contribution in [0.1, 0.15) is 15.9 Å². The molecule has 3 aromatic rings. The highest BCUT2D eigenvalue weighted by Crippen LogP contribution is 2.44. The van der Waals surface area contributed by atoms with Gasteiger partial charge in [0.1, 0.15) is 11.6 Å². The molecule has 0 aliphatic heterocycles. The number of fused-ring (bicyclic) bond motifs is 3. The molecule has 0 spiro atoms. The quantitative estimate of drug-likeness (QED) is 0.564. The number of phenolic OH excluding ortho intramolecular Hbond substituents is 1. The fourth-order valence-corrected chi connectivity index (χ4v) is 2.80. The molecule has 0 atom stereocenters. The Morgan fingerprint density at radius 1 is 0.957 bits per heavy atom. The number of carbonyl (C=O) groups excluding carboxylic acids is 1. The molecule has 1 aliphatic carbocycles. The lowest BCUT2D eigenvalue weighted by Crippen LogP contribution is -2.05. The van der Waals surface area contributed by atoms with Gasteiger partial charge in [0, 0.05) is 11.1 Å². The van der Waals surface area contributed by atoms with Gasteiger partial charge in [-0.2, -0.15) is 0 Å². The van der Waals surface area contributed by atoms with Gasteiger partial charge in [-0.05, 0) is 30.3 Å². The second-order valence-corrected chi connectivity index (χ2v) is 5.19. The molecule has 0 saturated heterocycles. The molecule has 5 nitrogen and oxygen atoms in total. The van der Waals surface area contributed by atoms with Gasteiger partial charge in [-0.3, -0.25) is 4.79 Å². The summed E-state index contributed by atoms with van der Waals surface area (Å²) in [5.74, 6) is -0.741. The van der Waals surface area contributed by atoms with Gasteiger partial charge in [0.15, 0.2) is 5.78 Å². The zero-order valence-electron chi connectivity index (χ0n) is 11.7. The number of nitrogens with zero attached hydrogens (tertiary/aromatic N) is 2. The Morgan fingerprint density at radius 3 is 2.39 bits per heavy atom. The number of hydrogen-bond acceptors (Lipinski definition) is 5. The molecule has 0 saturated carbocycles. The van der Waals surface area contributed by atoms with Gasteiger partial charge in [-0.15, -0.1) is 0 Å². The Hall–Kier alpha value is -3.28. The second-order valence-electron chi connectivity index (χ2n) is 5.19. The maximum atomic E-state index is 13.1. The van der Waals surface area contributed by atoms with Crippen molar-refractivity contribution in [2.75, 3.05) is 5.73 Å². The largest absolute Gasteiger partial charge is 0.507 e. The number of ketones is 1. The fraction of sp³-hybridized carbons (Fsp3) is 0. The van der Waals surface area contributed by atoms with Crippen molar-refractivity contribution in [1.29, 1.82) is 0 Å². The van der Waals surface area contributed by atoms with Crippen LogP contribution in [0.25, 0.3) is 22.5 Å². The van der Waals surface area contributed by atoms with E-state index in [0.717, 1.165) is 0 Å².